The van der Waals surface area contributed by atoms with Crippen LogP contribution in [0.4, 0.5) is 0 Å². The molecular weight excluding hydrogens is 350 g/mol. The van der Waals surface area contributed by atoms with Crippen LogP contribution in [0.5, 0.6) is 5.75 Å². The number of nitrogens with zero attached hydrogens (tertiary/aromatic N) is 2. The van der Waals surface area contributed by atoms with Crippen molar-refractivity contribution in [3.63, 3.8) is 0 Å². The number of benzene rings is 3. The van der Waals surface area contributed by atoms with Gasteiger partial charge in [0.25, 0.3) is 0 Å². The molecule has 0 saturated carbocycles. The molecule has 1 N–H and O–H groups in total. The molecule has 4 rings (SSSR count). The number of hydrogen-bond acceptors (Lipinski definition) is 3. The molecule has 0 spiro atoms. The lowest BCUT2D eigenvalue weighted by molar-refractivity contribution is -0.121. The standard InChI is InChI=1S/C23H21N3O2/c1-28-19-11-7-8-17(14-19)15-24-22(27)16-26-21-13-6-5-12-20(21)23(25-26)18-9-3-2-4-10-18/h2-14H,15-16H2,1H3,(H,24,27). The van der Waals surface area contributed by atoms with E-state index in [9.17, 15) is 4.79 Å². The third kappa shape index (κ3) is 3.74. The number of ether oxygens (including phenoxy) is 1. The van der Waals surface area contributed by atoms with Gasteiger partial charge in [0.2, 0.25) is 5.91 Å². The number of methoxy groups -OCH3 is 1. The first-order valence-electron chi connectivity index (χ1n) is 9.15. The zero-order valence-corrected chi connectivity index (χ0v) is 15.6. The molecule has 4 aromatic rings. The molecule has 140 valence electrons. The highest BCUT2D eigenvalue weighted by Crippen LogP contribution is 2.27. The van der Waals surface area contributed by atoms with E-state index in [1.165, 1.54) is 0 Å². The third-order valence-corrected chi connectivity index (χ3v) is 4.62. The van der Waals surface area contributed by atoms with Crippen LogP contribution >= 0.6 is 0 Å². The summed E-state index contributed by atoms with van der Waals surface area (Å²) in [7, 11) is 1.63. The van der Waals surface area contributed by atoms with E-state index in [-0.39, 0.29) is 12.5 Å². The van der Waals surface area contributed by atoms with Crippen molar-refractivity contribution in [3.8, 4) is 17.0 Å². The average molecular weight is 371 g/mol. The second kappa shape index (κ2) is 7.96. The highest BCUT2D eigenvalue weighted by Gasteiger charge is 2.14. The fourth-order valence-electron chi connectivity index (χ4n) is 3.23. The maximum absolute atomic E-state index is 12.5. The molecule has 0 saturated heterocycles. The first-order valence-corrected chi connectivity index (χ1v) is 9.15. The Morgan fingerprint density at radius 1 is 1.00 bits per heavy atom. The molecule has 0 atom stereocenters. The number of rotatable bonds is 6. The Kier molecular flexibility index (Phi) is 5.06. The maximum Gasteiger partial charge on any atom is 0.242 e. The molecule has 3 aromatic carbocycles. The van der Waals surface area contributed by atoms with Gasteiger partial charge in [0.1, 0.15) is 18.0 Å². The fourth-order valence-corrected chi connectivity index (χ4v) is 3.23. The van der Waals surface area contributed by atoms with E-state index in [2.05, 4.69) is 5.32 Å². The van der Waals surface area contributed by atoms with Crippen molar-refractivity contribution in [3.05, 3.63) is 84.4 Å². The van der Waals surface area contributed by atoms with Crippen molar-refractivity contribution in [2.45, 2.75) is 13.1 Å². The van der Waals surface area contributed by atoms with Gasteiger partial charge in [0.15, 0.2) is 0 Å². The van der Waals surface area contributed by atoms with E-state index in [0.29, 0.717) is 6.54 Å². The molecule has 0 aliphatic heterocycles. The summed E-state index contributed by atoms with van der Waals surface area (Å²) in [5.74, 6) is 0.688. The predicted molar refractivity (Wildman–Crippen MR) is 110 cm³/mol. The van der Waals surface area contributed by atoms with Crippen LogP contribution in [0, 0.1) is 0 Å². The first kappa shape index (κ1) is 17.8. The molecule has 28 heavy (non-hydrogen) atoms. The van der Waals surface area contributed by atoms with Crippen molar-refractivity contribution in [2.75, 3.05) is 7.11 Å². The van der Waals surface area contributed by atoms with E-state index in [4.69, 9.17) is 9.84 Å². The van der Waals surface area contributed by atoms with Crippen LogP contribution in [0.1, 0.15) is 5.56 Å². The lowest BCUT2D eigenvalue weighted by Gasteiger charge is -2.08. The zero-order chi connectivity index (χ0) is 19.3. The number of hydrogen-bond donors (Lipinski definition) is 1. The largest absolute Gasteiger partial charge is 0.497 e. The van der Waals surface area contributed by atoms with Gasteiger partial charge in [-0.2, -0.15) is 5.10 Å². The Morgan fingerprint density at radius 2 is 1.79 bits per heavy atom. The van der Waals surface area contributed by atoms with E-state index in [0.717, 1.165) is 33.5 Å². The SMILES string of the molecule is COc1cccc(CNC(=O)Cn2nc(-c3ccccc3)c3ccccc32)c1. The van der Waals surface area contributed by atoms with E-state index in [1.54, 1.807) is 11.8 Å². The summed E-state index contributed by atoms with van der Waals surface area (Å²) in [5.41, 5.74) is 3.85. The maximum atomic E-state index is 12.5. The molecule has 1 heterocycles. The van der Waals surface area contributed by atoms with E-state index in [1.807, 2.05) is 78.9 Å². The first-order chi connectivity index (χ1) is 13.7. The van der Waals surface area contributed by atoms with E-state index >= 15 is 0 Å². The number of aromatic nitrogens is 2. The van der Waals surface area contributed by atoms with Crippen molar-refractivity contribution in [1.82, 2.24) is 15.1 Å². The van der Waals surface area contributed by atoms with E-state index < -0.39 is 0 Å². The highest BCUT2D eigenvalue weighted by molar-refractivity contribution is 5.94. The smallest absolute Gasteiger partial charge is 0.242 e. The van der Waals surface area contributed by atoms with Gasteiger partial charge in [-0.1, -0.05) is 60.7 Å². The molecular formula is C23H21N3O2. The molecule has 0 aliphatic rings. The summed E-state index contributed by atoms with van der Waals surface area (Å²) >= 11 is 0. The molecule has 0 fully saturated rings. The minimum Gasteiger partial charge on any atom is -0.497 e. The van der Waals surface area contributed by atoms with Gasteiger partial charge in [-0.05, 0) is 23.8 Å². The summed E-state index contributed by atoms with van der Waals surface area (Å²) in [6.07, 6.45) is 0. The third-order valence-electron chi connectivity index (χ3n) is 4.62. The molecule has 5 heteroatoms. The van der Waals surface area contributed by atoms with Gasteiger partial charge in [-0.15, -0.1) is 0 Å². The molecule has 1 aromatic heterocycles. The molecule has 0 radical (unpaired) electrons. The van der Waals surface area contributed by atoms with Gasteiger partial charge < -0.3 is 10.1 Å². The van der Waals surface area contributed by atoms with Crippen LogP contribution in [-0.4, -0.2) is 22.8 Å². The Labute approximate surface area is 163 Å². The molecule has 1 amide bonds. The minimum absolute atomic E-state index is 0.0873. The monoisotopic (exact) mass is 371 g/mol. The number of carbonyl (C=O) groups is 1. The normalized spacial score (nSPS) is 10.8. The van der Waals surface area contributed by atoms with Crippen LogP contribution in [-0.2, 0) is 17.9 Å². The van der Waals surface area contributed by atoms with Gasteiger partial charge >= 0.3 is 0 Å². The molecule has 0 bridgehead atoms. The quantitative estimate of drug-likeness (QED) is 0.557. The Hall–Kier alpha value is -3.60. The van der Waals surface area contributed by atoms with Crippen molar-refractivity contribution in [1.29, 1.82) is 0 Å². The lowest BCUT2D eigenvalue weighted by Crippen LogP contribution is -2.27. The summed E-state index contributed by atoms with van der Waals surface area (Å²) < 4.78 is 6.99. The fraction of sp³-hybridized carbons (Fsp3) is 0.130. The van der Waals surface area contributed by atoms with Crippen molar-refractivity contribution in [2.24, 2.45) is 0 Å². The van der Waals surface area contributed by atoms with Gasteiger partial charge in [-0.3, -0.25) is 9.48 Å². The lowest BCUT2D eigenvalue weighted by atomic mass is 10.1. The Morgan fingerprint density at radius 3 is 2.61 bits per heavy atom. The molecule has 0 aliphatic carbocycles. The van der Waals surface area contributed by atoms with Crippen LogP contribution in [0.3, 0.4) is 0 Å². The second-order valence-corrected chi connectivity index (χ2v) is 6.52. The summed E-state index contributed by atoms with van der Waals surface area (Å²) in [5, 5.41) is 8.71. The number of fused-ring (bicyclic) bond motifs is 1. The van der Waals surface area contributed by atoms with Crippen molar-refractivity contribution < 1.29 is 9.53 Å². The van der Waals surface area contributed by atoms with Crippen LogP contribution in [0.15, 0.2) is 78.9 Å². The summed E-state index contributed by atoms with van der Waals surface area (Å²) in [6, 6.07) is 25.7. The van der Waals surface area contributed by atoms with Gasteiger partial charge in [-0.25, -0.2) is 0 Å². The van der Waals surface area contributed by atoms with Gasteiger partial charge in [0.05, 0.1) is 12.6 Å². The minimum atomic E-state index is -0.0873. The zero-order valence-electron chi connectivity index (χ0n) is 15.6. The second-order valence-electron chi connectivity index (χ2n) is 6.52. The number of amides is 1. The topological polar surface area (TPSA) is 56.1 Å². The summed E-state index contributed by atoms with van der Waals surface area (Å²) in [4.78, 5) is 12.5. The Bertz CT molecular complexity index is 1100. The number of nitrogens with one attached hydrogen (secondary N) is 1. The van der Waals surface area contributed by atoms with Crippen LogP contribution in [0.2, 0.25) is 0 Å². The van der Waals surface area contributed by atoms with Crippen LogP contribution in [0.25, 0.3) is 22.2 Å². The number of carbonyl (C=O) groups excluding carboxylic acids is 1. The van der Waals surface area contributed by atoms with Crippen molar-refractivity contribution >= 4 is 16.8 Å². The Balaban J connectivity index is 1.53. The van der Waals surface area contributed by atoms with Crippen LogP contribution < -0.4 is 10.1 Å². The molecule has 0 unspecified atom stereocenters. The average Bonchev–Trinajstić information content (AvgIpc) is 3.11. The summed E-state index contributed by atoms with van der Waals surface area (Å²) in [6.45, 7) is 0.609. The highest BCUT2D eigenvalue weighted by atomic mass is 16.5. The van der Waals surface area contributed by atoms with Gasteiger partial charge in [0, 0.05) is 17.5 Å². The number of para-hydroxylation sites is 1. The molecule has 5 nitrogen and oxygen atoms in total. The predicted octanol–water partition coefficient (Wildman–Crippen LogP) is 4.03.